The predicted octanol–water partition coefficient (Wildman–Crippen LogP) is 6.12. The first kappa shape index (κ1) is 21.9. The number of aromatic nitrogens is 2. The minimum atomic E-state index is -0.369. The quantitative estimate of drug-likeness (QED) is 0.361. The van der Waals surface area contributed by atoms with E-state index in [1.54, 1.807) is 0 Å². The molecule has 5 rings (SSSR count). The van der Waals surface area contributed by atoms with E-state index in [2.05, 4.69) is 113 Å². The first-order chi connectivity index (χ1) is 15.7. The van der Waals surface area contributed by atoms with Crippen LogP contribution in [0.5, 0.6) is 0 Å². The third kappa shape index (κ3) is 3.79. The van der Waals surface area contributed by atoms with Gasteiger partial charge >= 0.3 is 7.12 Å². The number of nitrogens with zero attached hydrogens (tertiary/aromatic N) is 2. The smallest absolute Gasteiger partial charge is 0.399 e. The number of para-hydroxylation sites is 2. The van der Waals surface area contributed by atoms with Crippen molar-refractivity contribution in [2.45, 2.75) is 58.7 Å². The van der Waals surface area contributed by atoms with Gasteiger partial charge in [-0.3, -0.25) is 4.57 Å². The van der Waals surface area contributed by atoms with Crippen LogP contribution in [0.2, 0.25) is 0 Å². The SMILES string of the molecule is CC(C)c1ccc(-n2c(-c3ccc(B4OC(C)(C)C(C)(C)O4)cc3)nc3ccccc32)cc1. The van der Waals surface area contributed by atoms with E-state index in [9.17, 15) is 0 Å². The summed E-state index contributed by atoms with van der Waals surface area (Å²) in [5, 5.41) is 0. The Kier molecular flexibility index (Phi) is 5.22. The standard InChI is InChI=1S/C28H31BN2O2/c1-19(2)20-13-17-23(18-14-20)31-25-10-8-7-9-24(25)30-26(31)21-11-15-22(16-12-21)29-32-27(3,4)28(5,6)33-29/h7-19H,1-6H3. The molecule has 33 heavy (non-hydrogen) atoms. The van der Waals surface area contributed by atoms with E-state index in [4.69, 9.17) is 14.3 Å². The van der Waals surface area contributed by atoms with Gasteiger partial charge in [-0.25, -0.2) is 4.98 Å². The van der Waals surface area contributed by atoms with E-state index in [-0.39, 0.29) is 18.3 Å². The van der Waals surface area contributed by atoms with Crippen LogP contribution in [0, 0.1) is 0 Å². The molecule has 2 heterocycles. The Balaban J connectivity index is 1.55. The molecule has 1 saturated heterocycles. The lowest BCUT2D eigenvalue weighted by Crippen LogP contribution is -2.41. The molecule has 0 spiro atoms. The summed E-state index contributed by atoms with van der Waals surface area (Å²) in [6.07, 6.45) is 0. The largest absolute Gasteiger partial charge is 0.494 e. The van der Waals surface area contributed by atoms with Crippen molar-refractivity contribution in [3.8, 4) is 17.1 Å². The van der Waals surface area contributed by atoms with Crippen molar-refractivity contribution >= 4 is 23.6 Å². The molecule has 5 heteroatoms. The molecule has 0 unspecified atom stereocenters. The molecular weight excluding hydrogens is 407 g/mol. The Hall–Kier alpha value is -2.89. The Bertz CT molecular complexity index is 1270. The van der Waals surface area contributed by atoms with Gasteiger partial charge in [-0.2, -0.15) is 0 Å². The summed E-state index contributed by atoms with van der Waals surface area (Å²) < 4.78 is 14.7. The van der Waals surface area contributed by atoms with Gasteiger partial charge in [0.15, 0.2) is 0 Å². The molecule has 0 N–H and O–H groups in total. The van der Waals surface area contributed by atoms with Crippen LogP contribution in [-0.4, -0.2) is 27.9 Å². The summed E-state index contributed by atoms with van der Waals surface area (Å²) in [4.78, 5) is 4.99. The van der Waals surface area contributed by atoms with Crippen molar-refractivity contribution in [1.29, 1.82) is 0 Å². The molecule has 1 fully saturated rings. The molecule has 1 aliphatic rings. The summed E-state index contributed by atoms with van der Waals surface area (Å²) in [5.41, 5.74) is 5.88. The molecule has 0 bridgehead atoms. The summed E-state index contributed by atoms with van der Waals surface area (Å²) >= 11 is 0. The maximum absolute atomic E-state index is 6.22. The Morgan fingerprint density at radius 1 is 0.788 bits per heavy atom. The maximum atomic E-state index is 6.22. The molecular formula is C28H31BN2O2. The average molecular weight is 438 g/mol. The second-order valence-corrected chi connectivity index (χ2v) is 10.2. The Labute approximate surface area is 196 Å². The van der Waals surface area contributed by atoms with Crippen LogP contribution in [0.25, 0.3) is 28.1 Å². The zero-order valence-electron chi connectivity index (χ0n) is 20.3. The summed E-state index contributed by atoms with van der Waals surface area (Å²) in [6, 6.07) is 25.5. The minimum absolute atomic E-state index is 0.355. The van der Waals surface area contributed by atoms with Crippen LogP contribution < -0.4 is 5.46 Å². The van der Waals surface area contributed by atoms with Gasteiger partial charge in [-0.05, 0) is 68.9 Å². The fourth-order valence-electron chi connectivity index (χ4n) is 4.26. The van der Waals surface area contributed by atoms with Gasteiger partial charge in [0.1, 0.15) is 5.82 Å². The number of hydrogen-bond acceptors (Lipinski definition) is 3. The van der Waals surface area contributed by atoms with Crippen molar-refractivity contribution in [3.63, 3.8) is 0 Å². The highest BCUT2D eigenvalue weighted by atomic mass is 16.7. The van der Waals surface area contributed by atoms with Crippen molar-refractivity contribution in [3.05, 3.63) is 78.4 Å². The first-order valence-corrected chi connectivity index (χ1v) is 11.7. The minimum Gasteiger partial charge on any atom is -0.399 e. The molecule has 3 aromatic carbocycles. The topological polar surface area (TPSA) is 36.3 Å². The molecule has 4 aromatic rings. The van der Waals surface area contributed by atoms with Gasteiger partial charge < -0.3 is 9.31 Å². The summed E-state index contributed by atoms with van der Waals surface area (Å²) in [6.45, 7) is 12.7. The number of benzene rings is 3. The van der Waals surface area contributed by atoms with Crippen LogP contribution in [0.3, 0.4) is 0 Å². The second-order valence-electron chi connectivity index (χ2n) is 10.2. The molecule has 1 aromatic heterocycles. The number of hydrogen-bond donors (Lipinski definition) is 0. The van der Waals surface area contributed by atoms with Crippen LogP contribution in [0.15, 0.2) is 72.8 Å². The second kappa shape index (κ2) is 7.86. The highest BCUT2D eigenvalue weighted by molar-refractivity contribution is 6.62. The fourth-order valence-corrected chi connectivity index (χ4v) is 4.26. The first-order valence-electron chi connectivity index (χ1n) is 11.7. The zero-order chi connectivity index (χ0) is 23.4. The van der Waals surface area contributed by atoms with Crippen LogP contribution in [-0.2, 0) is 9.31 Å². The zero-order valence-corrected chi connectivity index (χ0v) is 20.3. The molecule has 0 radical (unpaired) electrons. The molecule has 0 atom stereocenters. The van der Waals surface area contributed by atoms with E-state index >= 15 is 0 Å². The molecule has 1 aliphatic heterocycles. The normalized spacial score (nSPS) is 17.2. The van der Waals surface area contributed by atoms with Gasteiger partial charge in [-0.1, -0.05) is 62.4 Å². The highest BCUT2D eigenvalue weighted by Crippen LogP contribution is 2.36. The Morgan fingerprint density at radius 2 is 1.39 bits per heavy atom. The number of rotatable bonds is 4. The van der Waals surface area contributed by atoms with E-state index in [0.717, 1.165) is 33.6 Å². The summed E-state index contributed by atoms with van der Waals surface area (Å²) in [5.74, 6) is 1.43. The van der Waals surface area contributed by atoms with Gasteiger partial charge in [0, 0.05) is 11.3 Å². The van der Waals surface area contributed by atoms with Crippen molar-refractivity contribution in [2.24, 2.45) is 0 Å². The van der Waals surface area contributed by atoms with Crippen LogP contribution in [0.4, 0.5) is 0 Å². The van der Waals surface area contributed by atoms with E-state index < -0.39 is 0 Å². The lowest BCUT2D eigenvalue weighted by Gasteiger charge is -2.32. The van der Waals surface area contributed by atoms with Gasteiger partial charge in [0.2, 0.25) is 0 Å². The number of imidazole rings is 1. The van der Waals surface area contributed by atoms with Crippen LogP contribution in [0.1, 0.15) is 53.0 Å². The third-order valence-corrected chi connectivity index (χ3v) is 7.07. The van der Waals surface area contributed by atoms with Gasteiger partial charge in [0.05, 0.1) is 22.2 Å². The van der Waals surface area contributed by atoms with E-state index in [1.807, 2.05) is 6.07 Å². The van der Waals surface area contributed by atoms with Crippen molar-refractivity contribution < 1.29 is 9.31 Å². The van der Waals surface area contributed by atoms with Gasteiger partial charge in [0.25, 0.3) is 0 Å². The molecule has 0 amide bonds. The predicted molar refractivity (Wildman–Crippen MR) is 136 cm³/mol. The average Bonchev–Trinajstić information content (AvgIpc) is 3.27. The monoisotopic (exact) mass is 438 g/mol. The van der Waals surface area contributed by atoms with Crippen molar-refractivity contribution in [2.75, 3.05) is 0 Å². The number of fused-ring (bicyclic) bond motifs is 1. The summed E-state index contributed by atoms with van der Waals surface area (Å²) in [7, 11) is -0.369. The molecule has 0 saturated carbocycles. The third-order valence-electron chi connectivity index (χ3n) is 7.07. The van der Waals surface area contributed by atoms with Gasteiger partial charge in [-0.15, -0.1) is 0 Å². The maximum Gasteiger partial charge on any atom is 0.494 e. The lowest BCUT2D eigenvalue weighted by molar-refractivity contribution is 0.00578. The highest BCUT2D eigenvalue weighted by Gasteiger charge is 2.51. The fraction of sp³-hybridized carbons (Fsp3) is 0.321. The lowest BCUT2D eigenvalue weighted by atomic mass is 9.79. The van der Waals surface area contributed by atoms with E-state index in [0.29, 0.717) is 5.92 Å². The van der Waals surface area contributed by atoms with Crippen LogP contribution >= 0.6 is 0 Å². The molecule has 0 aliphatic carbocycles. The Morgan fingerprint density at radius 3 is 2.00 bits per heavy atom. The molecule has 168 valence electrons. The van der Waals surface area contributed by atoms with E-state index in [1.165, 1.54) is 5.56 Å². The molecule has 4 nitrogen and oxygen atoms in total. The van der Waals surface area contributed by atoms with Crippen molar-refractivity contribution in [1.82, 2.24) is 9.55 Å².